The lowest BCUT2D eigenvalue weighted by molar-refractivity contribution is -0.126. The highest BCUT2D eigenvalue weighted by Gasteiger charge is 2.27. The van der Waals surface area contributed by atoms with E-state index in [2.05, 4.69) is 5.32 Å². The van der Waals surface area contributed by atoms with Gasteiger partial charge in [-0.3, -0.25) is 9.59 Å². The fraction of sp³-hybridized carbons (Fsp3) is 0.333. The Morgan fingerprint density at radius 2 is 1.74 bits per heavy atom. The average molecular weight is 372 g/mol. The number of amides is 2. The van der Waals surface area contributed by atoms with E-state index in [0.29, 0.717) is 37.1 Å². The molecule has 1 saturated heterocycles. The maximum Gasteiger partial charge on any atom is 0.253 e. The molecule has 0 bridgehead atoms. The van der Waals surface area contributed by atoms with Crippen LogP contribution in [-0.2, 0) is 11.3 Å². The van der Waals surface area contributed by atoms with Crippen molar-refractivity contribution in [2.45, 2.75) is 26.3 Å². The number of nitrogens with one attached hydrogen (secondary N) is 1. The molecule has 27 heavy (non-hydrogen) atoms. The number of aryl methyl sites for hydroxylation is 1. The van der Waals surface area contributed by atoms with Crippen LogP contribution in [0.15, 0.2) is 42.5 Å². The summed E-state index contributed by atoms with van der Waals surface area (Å²) in [6.07, 6.45) is 1.14. The Morgan fingerprint density at radius 3 is 2.37 bits per heavy atom. The SMILES string of the molecule is Cc1ccc(CNC(=O)C2CCN(C(=O)c3ccc(F)cc3)CC2)cc1F. The first kappa shape index (κ1) is 19.0. The molecular weight excluding hydrogens is 350 g/mol. The van der Waals surface area contributed by atoms with Gasteiger partial charge in [-0.2, -0.15) is 0 Å². The quantitative estimate of drug-likeness (QED) is 0.894. The van der Waals surface area contributed by atoms with Crippen molar-refractivity contribution in [3.63, 3.8) is 0 Å². The molecule has 3 rings (SSSR count). The van der Waals surface area contributed by atoms with Crippen molar-refractivity contribution in [1.29, 1.82) is 0 Å². The van der Waals surface area contributed by atoms with Crippen LogP contribution in [0.25, 0.3) is 0 Å². The van der Waals surface area contributed by atoms with Crippen LogP contribution in [0.3, 0.4) is 0 Å². The lowest BCUT2D eigenvalue weighted by Gasteiger charge is -2.31. The molecule has 2 amide bonds. The van der Waals surface area contributed by atoms with Gasteiger partial charge in [0.2, 0.25) is 5.91 Å². The Labute approximate surface area is 157 Å². The zero-order valence-electron chi connectivity index (χ0n) is 15.2. The third-order valence-corrected chi connectivity index (χ3v) is 4.95. The number of rotatable bonds is 4. The van der Waals surface area contributed by atoms with Crippen LogP contribution in [0.1, 0.15) is 34.3 Å². The van der Waals surface area contributed by atoms with Gasteiger partial charge >= 0.3 is 0 Å². The molecule has 1 heterocycles. The van der Waals surface area contributed by atoms with E-state index in [4.69, 9.17) is 0 Å². The minimum Gasteiger partial charge on any atom is -0.352 e. The Bertz CT molecular complexity index is 829. The van der Waals surface area contributed by atoms with Crippen molar-refractivity contribution in [2.24, 2.45) is 5.92 Å². The summed E-state index contributed by atoms with van der Waals surface area (Å²) in [5.41, 5.74) is 1.74. The summed E-state index contributed by atoms with van der Waals surface area (Å²) in [5.74, 6) is -1.06. The zero-order valence-corrected chi connectivity index (χ0v) is 15.2. The second-order valence-electron chi connectivity index (χ2n) is 6.87. The molecule has 0 atom stereocenters. The second-order valence-corrected chi connectivity index (χ2v) is 6.87. The predicted octanol–water partition coefficient (Wildman–Crippen LogP) is 3.44. The number of carbonyl (C=O) groups is 2. The largest absolute Gasteiger partial charge is 0.352 e. The lowest BCUT2D eigenvalue weighted by atomic mass is 9.95. The zero-order chi connectivity index (χ0) is 19.4. The van der Waals surface area contributed by atoms with Crippen LogP contribution in [0.4, 0.5) is 8.78 Å². The van der Waals surface area contributed by atoms with Crippen molar-refractivity contribution < 1.29 is 18.4 Å². The summed E-state index contributed by atoms with van der Waals surface area (Å²) in [6, 6.07) is 10.4. The summed E-state index contributed by atoms with van der Waals surface area (Å²) in [7, 11) is 0. The molecule has 142 valence electrons. The Morgan fingerprint density at radius 1 is 1.07 bits per heavy atom. The van der Waals surface area contributed by atoms with Gasteiger partial charge in [-0.25, -0.2) is 8.78 Å². The Hall–Kier alpha value is -2.76. The highest BCUT2D eigenvalue weighted by Crippen LogP contribution is 2.20. The van der Waals surface area contributed by atoms with Gasteiger partial charge in [0.25, 0.3) is 5.91 Å². The molecule has 0 unspecified atom stereocenters. The molecule has 0 spiro atoms. The molecule has 1 aliphatic heterocycles. The van der Waals surface area contributed by atoms with Gasteiger partial charge in [-0.1, -0.05) is 12.1 Å². The van der Waals surface area contributed by atoms with E-state index in [1.54, 1.807) is 24.0 Å². The van der Waals surface area contributed by atoms with E-state index in [1.807, 2.05) is 0 Å². The van der Waals surface area contributed by atoms with Crippen LogP contribution in [-0.4, -0.2) is 29.8 Å². The predicted molar refractivity (Wildman–Crippen MR) is 98.0 cm³/mol. The van der Waals surface area contributed by atoms with Crippen molar-refractivity contribution in [3.05, 3.63) is 70.8 Å². The number of hydrogen-bond acceptors (Lipinski definition) is 2. The van der Waals surface area contributed by atoms with E-state index in [1.165, 1.54) is 30.3 Å². The van der Waals surface area contributed by atoms with Gasteiger partial charge in [-0.15, -0.1) is 0 Å². The number of carbonyl (C=O) groups excluding carboxylic acids is 2. The first-order valence-corrected chi connectivity index (χ1v) is 9.01. The highest BCUT2D eigenvalue weighted by molar-refractivity contribution is 5.94. The maximum atomic E-state index is 13.6. The third-order valence-electron chi connectivity index (χ3n) is 4.95. The normalized spacial score (nSPS) is 14.9. The van der Waals surface area contributed by atoms with Crippen LogP contribution >= 0.6 is 0 Å². The van der Waals surface area contributed by atoms with Gasteiger partial charge in [0, 0.05) is 31.1 Å². The topological polar surface area (TPSA) is 49.4 Å². The molecule has 1 aliphatic rings. The molecule has 2 aromatic rings. The van der Waals surface area contributed by atoms with Gasteiger partial charge < -0.3 is 10.2 Å². The first-order chi connectivity index (χ1) is 12.9. The lowest BCUT2D eigenvalue weighted by Crippen LogP contribution is -2.42. The molecule has 4 nitrogen and oxygen atoms in total. The summed E-state index contributed by atoms with van der Waals surface area (Å²) < 4.78 is 26.5. The van der Waals surface area contributed by atoms with E-state index in [-0.39, 0.29) is 35.9 Å². The molecule has 0 saturated carbocycles. The van der Waals surface area contributed by atoms with Gasteiger partial charge in [0.1, 0.15) is 11.6 Å². The van der Waals surface area contributed by atoms with E-state index < -0.39 is 0 Å². The van der Waals surface area contributed by atoms with Crippen molar-refractivity contribution in [2.75, 3.05) is 13.1 Å². The standard InChI is InChI=1S/C21H22F2N2O2/c1-14-2-3-15(12-19(14)23)13-24-20(26)16-8-10-25(11-9-16)21(27)17-4-6-18(22)7-5-17/h2-7,12,16H,8-11,13H2,1H3,(H,24,26). The van der Waals surface area contributed by atoms with Crippen LogP contribution in [0, 0.1) is 24.5 Å². The Balaban J connectivity index is 1.49. The molecule has 1 N–H and O–H groups in total. The van der Waals surface area contributed by atoms with Gasteiger partial charge in [0.05, 0.1) is 0 Å². The number of hydrogen-bond donors (Lipinski definition) is 1. The number of likely N-dealkylation sites (tertiary alicyclic amines) is 1. The summed E-state index contributed by atoms with van der Waals surface area (Å²) in [5, 5.41) is 2.85. The van der Waals surface area contributed by atoms with Gasteiger partial charge in [-0.05, 0) is 61.2 Å². The first-order valence-electron chi connectivity index (χ1n) is 9.01. The van der Waals surface area contributed by atoms with Crippen LogP contribution < -0.4 is 5.32 Å². The van der Waals surface area contributed by atoms with Crippen molar-refractivity contribution in [1.82, 2.24) is 10.2 Å². The number of piperidine rings is 1. The fourth-order valence-corrected chi connectivity index (χ4v) is 3.20. The third kappa shape index (κ3) is 4.70. The van der Waals surface area contributed by atoms with E-state index >= 15 is 0 Å². The monoisotopic (exact) mass is 372 g/mol. The summed E-state index contributed by atoms with van der Waals surface area (Å²) >= 11 is 0. The number of benzene rings is 2. The molecular formula is C21H22F2N2O2. The molecule has 6 heteroatoms. The van der Waals surface area contributed by atoms with E-state index in [9.17, 15) is 18.4 Å². The summed E-state index contributed by atoms with van der Waals surface area (Å²) in [6.45, 7) is 2.93. The van der Waals surface area contributed by atoms with Crippen LogP contribution in [0.2, 0.25) is 0 Å². The molecule has 0 aliphatic carbocycles. The molecule has 0 aromatic heterocycles. The molecule has 0 radical (unpaired) electrons. The minimum atomic E-state index is -0.379. The average Bonchev–Trinajstić information content (AvgIpc) is 2.69. The fourth-order valence-electron chi connectivity index (χ4n) is 3.20. The number of nitrogens with zero attached hydrogens (tertiary/aromatic N) is 1. The Kier molecular flexibility index (Phi) is 5.84. The highest BCUT2D eigenvalue weighted by atomic mass is 19.1. The minimum absolute atomic E-state index is 0.0788. The smallest absolute Gasteiger partial charge is 0.253 e. The second kappa shape index (κ2) is 8.29. The maximum absolute atomic E-state index is 13.6. The van der Waals surface area contributed by atoms with Gasteiger partial charge in [0.15, 0.2) is 0 Å². The van der Waals surface area contributed by atoms with Crippen LogP contribution in [0.5, 0.6) is 0 Å². The van der Waals surface area contributed by atoms with E-state index in [0.717, 1.165) is 5.56 Å². The molecule has 1 fully saturated rings. The molecule has 2 aromatic carbocycles. The van der Waals surface area contributed by atoms with Crippen molar-refractivity contribution in [3.8, 4) is 0 Å². The number of halogens is 2. The van der Waals surface area contributed by atoms with Crippen molar-refractivity contribution >= 4 is 11.8 Å². The summed E-state index contributed by atoms with van der Waals surface area (Å²) in [4.78, 5) is 26.5.